The lowest BCUT2D eigenvalue weighted by Gasteiger charge is -2.25. The minimum absolute atomic E-state index is 0.138. The number of hydrogen-bond donors (Lipinski definition) is 0. The van der Waals surface area contributed by atoms with Gasteiger partial charge in [-0.15, -0.1) is 0 Å². The second-order valence-electron chi connectivity index (χ2n) is 15.0. The molecule has 0 fully saturated rings. The zero-order valence-electron chi connectivity index (χ0n) is 29.5. The van der Waals surface area contributed by atoms with Gasteiger partial charge < -0.3 is 9.32 Å². The van der Waals surface area contributed by atoms with Gasteiger partial charge in [0.05, 0.1) is 0 Å². The summed E-state index contributed by atoms with van der Waals surface area (Å²) in [5.74, 6) is 0. The average Bonchev–Trinajstić information content (AvgIpc) is 3.57. The first-order valence-corrected chi connectivity index (χ1v) is 18.1. The second kappa shape index (κ2) is 11.6. The standard InChI is InChI=1S/C50H37NO/c1-50(2,3)36-26-24-33(25-27-36)32-20-22-34(23-21-32)44-30-35-12-10-18-42-46(35)47-40(44)17-11-19-43(47)49-48(42)41-29-28-39(31-45(41)52-49)51(37-13-6-4-7-14-37)38-15-8-5-9-16-38/h4-31H,1-3H3. The zero-order valence-corrected chi connectivity index (χ0v) is 29.5. The molecule has 0 atom stereocenters. The van der Waals surface area contributed by atoms with E-state index in [9.17, 15) is 0 Å². The second-order valence-corrected chi connectivity index (χ2v) is 15.0. The quantitative estimate of drug-likeness (QED) is 0.170. The fourth-order valence-electron chi connectivity index (χ4n) is 8.17. The van der Waals surface area contributed by atoms with Crippen LogP contribution in [0.1, 0.15) is 26.3 Å². The number of nitrogens with zero attached hydrogens (tertiary/aromatic N) is 1. The van der Waals surface area contributed by atoms with Crippen LogP contribution in [-0.4, -0.2) is 0 Å². The Balaban J connectivity index is 1.14. The van der Waals surface area contributed by atoms with Gasteiger partial charge in [0, 0.05) is 44.7 Å². The van der Waals surface area contributed by atoms with Crippen LogP contribution in [0.4, 0.5) is 17.1 Å². The van der Waals surface area contributed by atoms with Gasteiger partial charge in [-0.3, -0.25) is 0 Å². The van der Waals surface area contributed by atoms with Crippen LogP contribution >= 0.6 is 0 Å². The van der Waals surface area contributed by atoms with E-state index in [0.717, 1.165) is 39.0 Å². The van der Waals surface area contributed by atoms with Gasteiger partial charge in [0.1, 0.15) is 11.2 Å². The highest BCUT2D eigenvalue weighted by Gasteiger charge is 2.22. The Kier molecular flexibility index (Phi) is 6.78. The highest BCUT2D eigenvalue weighted by molar-refractivity contribution is 6.38. The van der Waals surface area contributed by atoms with E-state index in [1.807, 2.05) is 0 Å². The predicted molar refractivity (Wildman–Crippen MR) is 222 cm³/mol. The van der Waals surface area contributed by atoms with E-state index in [0.29, 0.717) is 0 Å². The molecule has 0 saturated carbocycles. The molecule has 0 aliphatic rings. The van der Waals surface area contributed by atoms with Crippen LogP contribution in [0.5, 0.6) is 0 Å². The molecule has 2 heteroatoms. The monoisotopic (exact) mass is 667 g/mol. The molecule has 10 aromatic rings. The molecular weight excluding hydrogens is 631 g/mol. The maximum Gasteiger partial charge on any atom is 0.143 e. The fraction of sp³-hybridized carbons (Fsp3) is 0.0800. The van der Waals surface area contributed by atoms with E-state index in [2.05, 4.69) is 196 Å². The molecule has 0 unspecified atom stereocenters. The fourth-order valence-corrected chi connectivity index (χ4v) is 8.17. The van der Waals surface area contributed by atoms with E-state index >= 15 is 0 Å². The molecule has 248 valence electrons. The molecule has 0 amide bonds. The average molecular weight is 668 g/mol. The third kappa shape index (κ3) is 4.79. The van der Waals surface area contributed by atoms with Crippen LogP contribution in [-0.2, 0) is 5.41 Å². The Hall–Kier alpha value is -6.38. The van der Waals surface area contributed by atoms with Crippen molar-refractivity contribution in [1.82, 2.24) is 0 Å². The lowest BCUT2D eigenvalue weighted by Crippen LogP contribution is -2.10. The Labute approximate surface area is 303 Å². The van der Waals surface area contributed by atoms with Gasteiger partial charge >= 0.3 is 0 Å². The number of benzene rings is 9. The van der Waals surface area contributed by atoms with Crippen LogP contribution in [0.15, 0.2) is 174 Å². The number of rotatable bonds is 5. The van der Waals surface area contributed by atoms with Gasteiger partial charge in [0.25, 0.3) is 0 Å². The molecule has 0 spiro atoms. The van der Waals surface area contributed by atoms with E-state index in [1.54, 1.807) is 0 Å². The summed E-state index contributed by atoms with van der Waals surface area (Å²) in [6, 6.07) is 61.6. The number of hydrogen-bond acceptors (Lipinski definition) is 2. The summed E-state index contributed by atoms with van der Waals surface area (Å²) in [5, 5.41) is 9.71. The Morgan fingerprint density at radius 1 is 0.423 bits per heavy atom. The minimum atomic E-state index is 0.138. The summed E-state index contributed by atoms with van der Waals surface area (Å²) < 4.78 is 6.94. The van der Waals surface area contributed by atoms with E-state index in [1.165, 1.54) is 60.1 Å². The number of para-hydroxylation sites is 2. The molecular formula is C50H37NO. The topological polar surface area (TPSA) is 16.4 Å². The van der Waals surface area contributed by atoms with Crippen LogP contribution in [0.3, 0.4) is 0 Å². The van der Waals surface area contributed by atoms with Crippen molar-refractivity contribution in [3.05, 3.63) is 175 Å². The lowest BCUT2D eigenvalue weighted by molar-refractivity contribution is 0.590. The minimum Gasteiger partial charge on any atom is -0.455 e. The molecule has 0 N–H and O–H groups in total. The van der Waals surface area contributed by atoms with Crippen molar-refractivity contribution in [2.45, 2.75) is 26.2 Å². The molecule has 52 heavy (non-hydrogen) atoms. The first kappa shape index (κ1) is 30.4. The molecule has 0 saturated heterocycles. The Bertz CT molecular complexity index is 2860. The molecule has 1 aromatic heterocycles. The van der Waals surface area contributed by atoms with Crippen LogP contribution in [0.2, 0.25) is 0 Å². The summed E-state index contributed by atoms with van der Waals surface area (Å²) >= 11 is 0. The summed E-state index contributed by atoms with van der Waals surface area (Å²) in [6.07, 6.45) is 0. The molecule has 0 aliphatic heterocycles. The molecule has 0 aliphatic carbocycles. The maximum absolute atomic E-state index is 6.94. The predicted octanol–water partition coefficient (Wildman–Crippen LogP) is 14.6. The molecule has 0 bridgehead atoms. The van der Waals surface area contributed by atoms with Crippen molar-refractivity contribution in [1.29, 1.82) is 0 Å². The molecule has 1 heterocycles. The molecule has 9 aromatic carbocycles. The number of furan rings is 1. The third-order valence-electron chi connectivity index (χ3n) is 10.8. The van der Waals surface area contributed by atoms with Gasteiger partial charge in [-0.1, -0.05) is 142 Å². The number of fused-ring (bicyclic) bond motifs is 5. The number of anilines is 3. The van der Waals surface area contributed by atoms with Gasteiger partial charge in [0.15, 0.2) is 0 Å². The summed E-state index contributed by atoms with van der Waals surface area (Å²) in [4.78, 5) is 2.29. The van der Waals surface area contributed by atoms with E-state index in [-0.39, 0.29) is 5.41 Å². The van der Waals surface area contributed by atoms with Crippen LogP contribution in [0, 0.1) is 0 Å². The highest BCUT2D eigenvalue weighted by Crippen LogP contribution is 2.48. The van der Waals surface area contributed by atoms with Crippen molar-refractivity contribution < 1.29 is 4.42 Å². The maximum atomic E-state index is 6.94. The van der Waals surface area contributed by atoms with Gasteiger partial charge in [-0.25, -0.2) is 0 Å². The highest BCUT2D eigenvalue weighted by atomic mass is 16.3. The molecule has 0 radical (unpaired) electrons. The van der Waals surface area contributed by atoms with Gasteiger partial charge in [-0.05, 0) is 97.2 Å². The Morgan fingerprint density at radius 3 is 1.69 bits per heavy atom. The van der Waals surface area contributed by atoms with Gasteiger partial charge in [-0.2, -0.15) is 0 Å². The molecule has 2 nitrogen and oxygen atoms in total. The zero-order chi connectivity index (χ0) is 35.0. The van der Waals surface area contributed by atoms with Gasteiger partial charge in [0.2, 0.25) is 0 Å². The largest absolute Gasteiger partial charge is 0.455 e. The van der Waals surface area contributed by atoms with Crippen molar-refractivity contribution in [2.75, 3.05) is 4.90 Å². The normalized spacial score (nSPS) is 12.1. The van der Waals surface area contributed by atoms with Crippen molar-refractivity contribution >= 4 is 71.3 Å². The third-order valence-corrected chi connectivity index (χ3v) is 10.8. The van der Waals surface area contributed by atoms with Crippen LogP contribution in [0.25, 0.3) is 76.5 Å². The summed E-state index contributed by atoms with van der Waals surface area (Å²) in [6.45, 7) is 6.78. The smallest absolute Gasteiger partial charge is 0.143 e. The first-order valence-electron chi connectivity index (χ1n) is 18.1. The lowest BCUT2D eigenvalue weighted by atomic mass is 9.86. The van der Waals surface area contributed by atoms with Crippen molar-refractivity contribution in [3.63, 3.8) is 0 Å². The SMILES string of the molecule is CC(C)(C)c1ccc(-c2ccc(-c3cc4cccc5c6c7ccc(N(c8ccccc8)c8ccccc8)cc7oc6c6cccc3c6c45)cc2)cc1. The summed E-state index contributed by atoms with van der Waals surface area (Å²) in [5.41, 5.74) is 11.5. The van der Waals surface area contributed by atoms with E-state index < -0.39 is 0 Å². The molecule has 10 rings (SSSR count). The van der Waals surface area contributed by atoms with Crippen molar-refractivity contribution in [2.24, 2.45) is 0 Å². The van der Waals surface area contributed by atoms with Crippen LogP contribution < -0.4 is 4.90 Å². The first-order chi connectivity index (χ1) is 25.4. The van der Waals surface area contributed by atoms with Crippen molar-refractivity contribution in [3.8, 4) is 22.3 Å². The van der Waals surface area contributed by atoms with E-state index in [4.69, 9.17) is 4.42 Å². The summed E-state index contributed by atoms with van der Waals surface area (Å²) in [7, 11) is 0. The Morgan fingerprint density at radius 2 is 1.02 bits per heavy atom.